The first-order valence-corrected chi connectivity index (χ1v) is 5.15. The van der Waals surface area contributed by atoms with Crippen LogP contribution < -0.4 is 15.2 Å². The van der Waals surface area contributed by atoms with E-state index in [0.717, 1.165) is 11.1 Å². The Balaban J connectivity index is 2.42. The zero-order chi connectivity index (χ0) is 12.8. The molecule has 0 spiro atoms. The van der Waals surface area contributed by atoms with Gasteiger partial charge < -0.3 is 20.0 Å². The molecule has 0 bridgehead atoms. The number of carbonyl (C=O) groups excluding carboxylic acids is 2. The first-order valence-electron chi connectivity index (χ1n) is 5.15. The summed E-state index contributed by atoms with van der Waals surface area (Å²) in [6, 6.07) is 5.47. The molecule has 0 radical (unpaired) electrons. The van der Waals surface area contributed by atoms with Crippen molar-refractivity contribution in [2.75, 3.05) is 13.2 Å². The zero-order valence-corrected chi connectivity index (χ0v) is 9.78. The monoisotopic (exact) mass is 236 g/mol. The molecule has 1 aromatic carbocycles. The Morgan fingerprint density at radius 2 is 2.00 bits per heavy atom. The van der Waals surface area contributed by atoms with Crippen LogP contribution in [0.15, 0.2) is 18.2 Å². The molecule has 0 heterocycles. The van der Waals surface area contributed by atoms with Crippen LogP contribution in [0.2, 0.25) is 0 Å². The third-order valence-electron chi connectivity index (χ3n) is 2.28. The lowest BCUT2D eigenvalue weighted by Crippen LogP contribution is -2.39. The largest absolute Gasteiger partial charge is 0.548 e. The maximum absolute atomic E-state index is 11.1. The number of carboxylic acid groups (broad SMARTS) is 1. The summed E-state index contributed by atoms with van der Waals surface area (Å²) in [5.74, 6) is -1.24. The van der Waals surface area contributed by atoms with Crippen molar-refractivity contribution in [3.63, 3.8) is 0 Å². The van der Waals surface area contributed by atoms with E-state index in [1.807, 2.05) is 26.0 Å². The average molecular weight is 236 g/mol. The van der Waals surface area contributed by atoms with Crippen LogP contribution in [0.25, 0.3) is 0 Å². The molecule has 0 saturated heterocycles. The number of hydrogen-bond acceptors (Lipinski definition) is 4. The van der Waals surface area contributed by atoms with E-state index in [0.29, 0.717) is 5.75 Å². The van der Waals surface area contributed by atoms with Crippen LogP contribution in [0.1, 0.15) is 11.1 Å². The molecule has 0 saturated carbocycles. The zero-order valence-electron chi connectivity index (χ0n) is 9.78. The van der Waals surface area contributed by atoms with Crippen molar-refractivity contribution in [2.45, 2.75) is 13.8 Å². The molecular weight excluding hydrogens is 222 g/mol. The second-order valence-electron chi connectivity index (χ2n) is 3.68. The van der Waals surface area contributed by atoms with Crippen molar-refractivity contribution in [3.05, 3.63) is 29.3 Å². The molecule has 17 heavy (non-hydrogen) atoms. The number of nitrogens with one attached hydrogen (secondary N) is 1. The molecule has 1 aromatic rings. The van der Waals surface area contributed by atoms with Gasteiger partial charge in [0.15, 0.2) is 6.61 Å². The number of rotatable bonds is 5. The Hall–Kier alpha value is -2.04. The lowest BCUT2D eigenvalue weighted by molar-refractivity contribution is -0.304. The van der Waals surface area contributed by atoms with Crippen LogP contribution in [0.5, 0.6) is 5.75 Å². The Labute approximate surface area is 99.4 Å². The van der Waals surface area contributed by atoms with Gasteiger partial charge in [-0.05, 0) is 37.1 Å². The number of benzene rings is 1. The molecule has 0 atom stereocenters. The molecule has 0 aliphatic rings. The van der Waals surface area contributed by atoms with Gasteiger partial charge in [0.1, 0.15) is 5.75 Å². The van der Waals surface area contributed by atoms with Gasteiger partial charge in [-0.25, -0.2) is 0 Å². The maximum atomic E-state index is 11.1. The molecule has 0 unspecified atom stereocenters. The Bertz CT molecular complexity index is 429. The summed E-state index contributed by atoms with van der Waals surface area (Å²) in [6.07, 6.45) is 0. The third kappa shape index (κ3) is 4.55. The van der Waals surface area contributed by atoms with Crippen molar-refractivity contribution in [1.82, 2.24) is 5.32 Å². The van der Waals surface area contributed by atoms with Crippen LogP contribution in [0.4, 0.5) is 0 Å². The van der Waals surface area contributed by atoms with Gasteiger partial charge in [0.2, 0.25) is 0 Å². The number of carboxylic acids is 1. The summed E-state index contributed by atoms with van der Waals surface area (Å²) in [6.45, 7) is 3.20. The summed E-state index contributed by atoms with van der Waals surface area (Å²) in [5, 5.41) is 12.2. The predicted molar refractivity (Wildman–Crippen MR) is 59.4 cm³/mol. The number of ether oxygens (including phenoxy) is 1. The number of amides is 1. The molecule has 92 valence electrons. The van der Waals surface area contributed by atoms with E-state index < -0.39 is 18.4 Å². The van der Waals surface area contributed by atoms with E-state index in [4.69, 9.17) is 4.74 Å². The molecule has 1 N–H and O–H groups in total. The average Bonchev–Trinajstić information content (AvgIpc) is 2.28. The summed E-state index contributed by atoms with van der Waals surface area (Å²) < 4.78 is 5.21. The third-order valence-corrected chi connectivity index (χ3v) is 2.28. The highest BCUT2D eigenvalue weighted by Gasteiger charge is 2.03. The van der Waals surface area contributed by atoms with Gasteiger partial charge >= 0.3 is 0 Å². The minimum Gasteiger partial charge on any atom is -0.548 e. The van der Waals surface area contributed by atoms with E-state index in [2.05, 4.69) is 5.32 Å². The van der Waals surface area contributed by atoms with Gasteiger partial charge in [0, 0.05) is 0 Å². The van der Waals surface area contributed by atoms with Crippen LogP contribution in [-0.4, -0.2) is 25.0 Å². The molecule has 0 fully saturated rings. The van der Waals surface area contributed by atoms with Gasteiger partial charge in [-0.15, -0.1) is 0 Å². The minimum atomic E-state index is -1.33. The van der Waals surface area contributed by atoms with E-state index in [9.17, 15) is 14.7 Å². The molecule has 5 heteroatoms. The fourth-order valence-electron chi connectivity index (χ4n) is 1.17. The fourth-order valence-corrected chi connectivity index (χ4v) is 1.17. The highest BCUT2D eigenvalue weighted by molar-refractivity contribution is 5.81. The highest BCUT2D eigenvalue weighted by Crippen LogP contribution is 2.15. The van der Waals surface area contributed by atoms with Crippen LogP contribution in [-0.2, 0) is 9.59 Å². The second kappa shape index (κ2) is 5.89. The first-order chi connectivity index (χ1) is 7.99. The summed E-state index contributed by atoms with van der Waals surface area (Å²) >= 11 is 0. The van der Waals surface area contributed by atoms with E-state index in [1.54, 1.807) is 6.07 Å². The fraction of sp³-hybridized carbons (Fsp3) is 0.333. The van der Waals surface area contributed by atoms with E-state index >= 15 is 0 Å². The number of carbonyl (C=O) groups is 2. The summed E-state index contributed by atoms with van der Waals surface area (Å²) in [7, 11) is 0. The molecule has 0 aliphatic heterocycles. The van der Waals surface area contributed by atoms with Crippen LogP contribution in [0, 0.1) is 13.8 Å². The quantitative estimate of drug-likeness (QED) is 0.751. The Morgan fingerprint density at radius 3 is 2.59 bits per heavy atom. The lowest BCUT2D eigenvalue weighted by Gasteiger charge is -2.09. The number of aliphatic carboxylic acids is 1. The summed E-state index contributed by atoms with van der Waals surface area (Å²) in [4.78, 5) is 21.2. The van der Waals surface area contributed by atoms with Gasteiger partial charge in [0.05, 0.1) is 12.5 Å². The van der Waals surface area contributed by atoms with E-state index in [1.165, 1.54) is 0 Å². The SMILES string of the molecule is Cc1ccc(OCC(=O)NCC(=O)[O-])cc1C. The van der Waals surface area contributed by atoms with Crippen LogP contribution >= 0.6 is 0 Å². The summed E-state index contributed by atoms with van der Waals surface area (Å²) in [5.41, 5.74) is 2.20. The van der Waals surface area contributed by atoms with Crippen molar-refractivity contribution < 1.29 is 19.4 Å². The van der Waals surface area contributed by atoms with Gasteiger partial charge in [-0.1, -0.05) is 6.07 Å². The van der Waals surface area contributed by atoms with Crippen molar-refractivity contribution in [2.24, 2.45) is 0 Å². The Morgan fingerprint density at radius 1 is 1.29 bits per heavy atom. The molecule has 0 aliphatic carbocycles. The first kappa shape index (κ1) is 13.0. The van der Waals surface area contributed by atoms with Gasteiger partial charge in [0.25, 0.3) is 5.91 Å². The maximum Gasteiger partial charge on any atom is 0.258 e. The number of aryl methyl sites for hydroxylation is 2. The van der Waals surface area contributed by atoms with Gasteiger partial charge in [-0.3, -0.25) is 4.79 Å². The normalized spacial score (nSPS) is 9.76. The minimum absolute atomic E-state index is 0.213. The molecule has 0 aromatic heterocycles. The second-order valence-corrected chi connectivity index (χ2v) is 3.68. The lowest BCUT2D eigenvalue weighted by atomic mass is 10.1. The predicted octanol–water partition coefficient (Wildman–Crippen LogP) is -0.452. The smallest absolute Gasteiger partial charge is 0.258 e. The highest BCUT2D eigenvalue weighted by atomic mass is 16.5. The Kier molecular flexibility index (Phi) is 4.51. The number of hydrogen-bond donors (Lipinski definition) is 1. The molecule has 1 amide bonds. The molecular formula is C12H14NO4-. The van der Waals surface area contributed by atoms with Crippen molar-refractivity contribution in [1.29, 1.82) is 0 Å². The standard InChI is InChI=1S/C12H15NO4/c1-8-3-4-10(5-9(8)2)17-7-11(14)13-6-12(15)16/h3-5H,6-7H2,1-2H3,(H,13,14)(H,15,16)/p-1. The van der Waals surface area contributed by atoms with E-state index in [-0.39, 0.29) is 6.61 Å². The topological polar surface area (TPSA) is 78.5 Å². The molecule has 1 rings (SSSR count). The molecule has 5 nitrogen and oxygen atoms in total. The van der Waals surface area contributed by atoms with Crippen LogP contribution in [0.3, 0.4) is 0 Å². The van der Waals surface area contributed by atoms with Gasteiger partial charge in [-0.2, -0.15) is 0 Å². The van der Waals surface area contributed by atoms with Crippen molar-refractivity contribution >= 4 is 11.9 Å². The van der Waals surface area contributed by atoms with Crippen molar-refractivity contribution in [3.8, 4) is 5.75 Å².